The highest BCUT2D eigenvalue weighted by Gasteiger charge is 2.13. The van der Waals surface area contributed by atoms with E-state index in [-0.39, 0.29) is 6.61 Å². The number of rotatable bonds is 3. The first-order chi connectivity index (χ1) is 9.02. The fourth-order valence-electron chi connectivity index (χ4n) is 1.70. The summed E-state index contributed by atoms with van der Waals surface area (Å²) in [6.45, 7) is 2.10. The lowest BCUT2D eigenvalue weighted by Gasteiger charge is -2.08. The molecule has 1 aromatic carbocycles. The SMILES string of the molecule is Cc1nn(C)c(Cl)c1COc1cc(Cl)ccc1C#N. The predicted molar refractivity (Wildman–Crippen MR) is 73.5 cm³/mol. The van der Waals surface area contributed by atoms with Gasteiger partial charge in [-0.2, -0.15) is 10.4 Å². The van der Waals surface area contributed by atoms with Crippen LogP contribution in [-0.2, 0) is 13.7 Å². The van der Waals surface area contributed by atoms with Crippen molar-refractivity contribution in [3.63, 3.8) is 0 Å². The zero-order valence-corrected chi connectivity index (χ0v) is 12.0. The molecule has 0 saturated heterocycles. The van der Waals surface area contributed by atoms with Crippen molar-refractivity contribution in [1.29, 1.82) is 5.26 Å². The van der Waals surface area contributed by atoms with E-state index in [4.69, 9.17) is 33.2 Å². The lowest BCUT2D eigenvalue weighted by Crippen LogP contribution is -1.99. The molecule has 2 rings (SSSR count). The number of benzene rings is 1. The molecular weight excluding hydrogens is 285 g/mol. The minimum atomic E-state index is 0.244. The highest BCUT2D eigenvalue weighted by atomic mass is 35.5. The quantitative estimate of drug-likeness (QED) is 0.871. The molecule has 98 valence electrons. The second kappa shape index (κ2) is 5.52. The van der Waals surface area contributed by atoms with E-state index in [1.807, 2.05) is 6.92 Å². The molecule has 0 N–H and O–H groups in total. The molecular formula is C13H11Cl2N3O. The molecule has 0 atom stereocenters. The van der Waals surface area contributed by atoms with Crippen molar-refractivity contribution in [2.24, 2.45) is 7.05 Å². The molecule has 0 aliphatic carbocycles. The monoisotopic (exact) mass is 295 g/mol. The Labute approximate surface area is 121 Å². The summed E-state index contributed by atoms with van der Waals surface area (Å²) in [6, 6.07) is 6.94. The van der Waals surface area contributed by atoms with Crippen LogP contribution in [0.4, 0.5) is 0 Å². The molecule has 2 aromatic rings. The van der Waals surface area contributed by atoms with Crippen molar-refractivity contribution in [2.75, 3.05) is 0 Å². The van der Waals surface area contributed by atoms with Gasteiger partial charge in [-0.05, 0) is 19.1 Å². The number of nitriles is 1. The Hall–Kier alpha value is -1.70. The fraction of sp³-hybridized carbons (Fsp3) is 0.231. The summed E-state index contributed by atoms with van der Waals surface area (Å²) >= 11 is 12.0. The number of aryl methyl sites for hydroxylation is 2. The predicted octanol–water partition coefficient (Wildman–Crippen LogP) is 3.49. The summed E-state index contributed by atoms with van der Waals surface area (Å²) in [5, 5.41) is 14.2. The Kier molecular flexibility index (Phi) is 3.98. The van der Waals surface area contributed by atoms with Gasteiger partial charge in [-0.15, -0.1) is 0 Å². The molecule has 0 fully saturated rings. The van der Waals surface area contributed by atoms with Gasteiger partial charge in [-0.3, -0.25) is 4.68 Å². The lowest BCUT2D eigenvalue weighted by molar-refractivity contribution is 0.304. The highest BCUT2D eigenvalue weighted by molar-refractivity contribution is 6.31. The molecule has 1 aromatic heterocycles. The molecule has 0 unspecified atom stereocenters. The number of ether oxygens (including phenoxy) is 1. The van der Waals surface area contributed by atoms with Crippen LogP contribution in [0.3, 0.4) is 0 Å². The van der Waals surface area contributed by atoms with Gasteiger partial charge in [0, 0.05) is 23.7 Å². The number of halogens is 2. The first-order valence-electron chi connectivity index (χ1n) is 5.53. The fourth-order valence-corrected chi connectivity index (χ4v) is 2.09. The van der Waals surface area contributed by atoms with E-state index in [2.05, 4.69) is 11.2 Å². The second-order valence-electron chi connectivity index (χ2n) is 4.02. The molecule has 1 heterocycles. The molecule has 0 amide bonds. The van der Waals surface area contributed by atoms with Crippen LogP contribution in [0.2, 0.25) is 10.2 Å². The maximum atomic E-state index is 9.00. The summed E-state index contributed by atoms with van der Waals surface area (Å²) in [5.41, 5.74) is 2.03. The van der Waals surface area contributed by atoms with E-state index in [1.54, 1.807) is 29.9 Å². The average Bonchev–Trinajstić information content (AvgIpc) is 2.61. The largest absolute Gasteiger partial charge is 0.487 e. The van der Waals surface area contributed by atoms with Crippen molar-refractivity contribution in [3.05, 3.63) is 45.2 Å². The molecule has 0 radical (unpaired) electrons. The third-order valence-corrected chi connectivity index (χ3v) is 3.41. The van der Waals surface area contributed by atoms with Crippen LogP contribution in [0.25, 0.3) is 0 Å². The molecule has 0 saturated carbocycles. The number of hydrogen-bond acceptors (Lipinski definition) is 3. The Balaban J connectivity index is 2.24. The van der Waals surface area contributed by atoms with E-state index < -0.39 is 0 Å². The normalized spacial score (nSPS) is 10.3. The lowest BCUT2D eigenvalue weighted by atomic mass is 10.2. The van der Waals surface area contributed by atoms with Crippen molar-refractivity contribution in [1.82, 2.24) is 9.78 Å². The zero-order valence-electron chi connectivity index (χ0n) is 10.4. The molecule has 6 heteroatoms. The zero-order chi connectivity index (χ0) is 14.0. The number of hydrogen-bond donors (Lipinski definition) is 0. The van der Waals surface area contributed by atoms with Gasteiger partial charge in [0.15, 0.2) is 0 Å². The van der Waals surface area contributed by atoms with Crippen LogP contribution in [0.15, 0.2) is 18.2 Å². The van der Waals surface area contributed by atoms with Gasteiger partial charge in [-0.1, -0.05) is 23.2 Å². The number of aromatic nitrogens is 2. The van der Waals surface area contributed by atoms with Crippen LogP contribution in [0.1, 0.15) is 16.8 Å². The maximum Gasteiger partial charge on any atom is 0.139 e. The van der Waals surface area contributed by atoms with Gasteiger partial charge in [0.05, 0.1) is 11.3 Å². The van der Waals surface area contributed by atoms with E-state index in [9.17, 15) is 0 Å². The van der Waals surface area contributed by atoms with Gasteiger partial charge in [0.2, 0.25) is 0 Å². The molecule has 0 aliphatic rings. The molecule has 0 spiro atoms. The van der Waals surface area contributed by atoms with Crippen molar-refractivity contribution in [3.8, 4) is 11.8 Å². The number of nitrogens with zero attached hydrogens (tertiary/aromatic N) is 3. The van der Waals surface area contributed by atoms with Crippen molar-refractivity contribution >= 4 is 23.2 Å². The Morgan fingerprint density at radius 2 is 2.16 bits per heavy atom. The van der Waals surface area contributed by atoms with E-state index in [1.165, 1.54) is 0 Å². The molecule has 0 bridgehead atoms. The smallest absolute Gasteiger partial charge is 0.139 e. The third kappa shape index (κ3) is 2.83. The van der Waals surface area contributed by atoms with Gasteiger partial charge in [0.25, 0.3) is 0 Å². The van der Waals surface area contributed by atoms with Crippen LogP contribution >= 0.6 is 23.2 Å². The van der Waals surface area contributed by atoms with Gasteiger partial charge < -0.3 is 4.74 Å². The van der Waals surface area contributed by atoms with Gasteiger partial charge in [-0.25, -0.2) is 0 Å². The first-order valence-corrected chi connectivity index (χ1v) is 6.29. The first kappa shape index (κ1) is 13.7. The van der Waals surface area contributed by atoms with Crippen LogP contribution < -0.4 is 4.74 Å². The maximum absolute atomic E-state index is 9.00. The third-order valence-electron chi connectivity index (χ3n) is 2.71. The average molecular weight is 296 g/mol. The van der Waals surface area contributed by atoms with Crippen molar-refractivity contribution in [2.45, 2.75) is 13.5 Å². The highest BCUT2D eigenvalue weighted by Crippen LogP contribution is 2.26. The Bertz CT molecular complexity index is 659. The topological polar surface area (TPSA) is 50.8 Å². The van der Waals surface area contributed by atoms with Crippen molar-refractivity contribution < 1.29 is 4.74 Å². The van der Waals surface area contributed by atoms with Gasteiger partial charge in [0.1, 0.15) is 23.6 Å². The minimum absolute atomic E-state index is 0.244. The van der Waals surface area contributed by atoms with Crippen LogP contribution in [0.5, 0.6) is 5.75 Å². The van der Waals surface area contributed by atoms with Crippen LogP contribution in [-0.4, -0.2) is 9.78 Å². The second-order valence-corrected chi connectivity index (χ2v) is 4.81. The Morgan fingerprint density at radius 3 is 2.74 bits per heavy atom. The minimum Gasteiger partial charge on any atom is -0.487 e. The Morgan fingerprint density at radius 1 is 1.42 bits per heavy atom. The summed E-state index contributed by atoms with van der Waals surface area (Å²) < 4.78 is 7.21. The molecule has 19 heavy (non-hydrogen) atoms. The summed E-state index contributed by atoms with van der Waals surface area (Å²) in [6.07, 6.45) is 0. The van der Waals surface area contributed by atoms with E-state index in [0.717, 1.165) is 11.3 Å². The van der Waals surface area contributed by atoms with E-state index in [0.29, 0.717) is 21.5 Å². The van der Waals surface area contributed by atoms with E-state index >= 15 is 0 Å². The standard InChI is InChI=1S/C13H11Cl2N3O/c1-8-11(13(15)18(2)17-8)7-19-12-5-10(14)4-3-9(12)6-16/h3-5H,7H2,1-2H3. The summed E-state index contributed by atoms with van der Waals surface area (Å²) in [5.74, 6) is 0.439. The molecule has 4 nitrogen and oxygen atoms in total. The molecule has 0 aliphatic heterocycles. The summed E-state index contributed by atoms with van der Waals surface area (Å²) in [7, 11) is 1.76. The van der Waals surface area contributed by atoms with Crippen LogP contribution in [0, 0.1) is 18.3 Å². The van der Waals surface area contributed by atoms with Gasteiger partial charge >= 0.3 is 0 Å². The summed E-state index contributed by atoms with van der Waals surface area (Å²) in [4.78, 5) is 0.